The van der Waals surface area contributed by atoms with Gasteiger partial charge < -0.3 is 10.3 Å². The Morgan fingerprint density at radius 3 is 2.88 bits per heavy atom. The zero-order valence-corrected chi connectivity index (χ0v) is 11.9. The van der Waals surface area contributed by atoms with Gasteiger partial charge in [-0.05, 0) is 30.2 Å². The summed E-state index contributed by atoms with van der Waals surface area (Å²) in [5, 5.41) is 1.33. The number of aromatic nitrogens is 1. The van der Waals surface area contributed by atoms with Crippen molar-refractivity contribution in [2.75, 3.05) is 23.5 Å². The van der Waals surface area contributed by atoms with Gasteiger partial charge in [0.1, 0.15) is 0 Å². The van der Waals surface area contributed by atoms with Crippen LogP contribution in [0.2, 0.25) is 0 Å². The molecule has 2 nitrogen and oxygen atoms in total. The van der Waals surface area contributed by atoms with Crippen molar-refractivity contribution in [2.24, 2.45) is 0 Å². The number of aryl methyl sites for hydroxylation is 1. The molecule has 0 saturated carbocycles. The smallest absolute Gasteiger partial charge is 0.0512 e. The van der Waals surface area contributed by atoms with Crippen LogP contribution in [0, 0.1) is 0 Å². The molecule has 17 heavy (non-hydrogen) atoms. The molecule has 0 bridgehead atoms. The molecule has 4 heteroatoms. The van der Waals surface area contributed by atoms with E-state index in [4.69, 9.17) is 5.73 Å². The number of fused-ring (bicyclic) bond motifs is 1. The third-order valence-electron chi connectivity index (χ3n) is 2.71. The van der Waals surface area contributed by atoms with Crippen molar-refractivity contribution in [3.63, 3.8) is 0 Å². The molecule has 0 aliphatic heterocycles. The summed E-state index contributed by atoms with van der Waals surface area (Å²) in [5.41, 5.74) is 8.10. The fourth-order valence-electron chi connectivity index (χ4n) is 1.94. The first-order chi connectivity index (χ1) is 8.26. The minimum absolute atomic E-state index is 0.859. The molecule has 0 aliphatic rings. The number of nitrogens with two attached hydrogens (primary N) is 1. The molecule has 2 rings (SSSR count). The first kappa shape index (κ1) is 12.7. The van der Waals surface area contributed by atoms with Crippen LogP contribution in [0.3, 0.4) is 0 Å². The highest BCUT2D eigenvalue weighted by molar-refractivity contribution is 7.99. The van der Waals surface area contributed by atoms with Crippen LogP contribution in [0.25, 0.3) is 10.9 Å². The van der Waals surface area contributed by atoms with Crippen molar-refractivity contribution < 1.29 is 0 Å². The van der Waals surface area contributed by atoms with Gasteiger partial charge in [0.05, 0.1) is 5.52 Å². The Kier molecular flexibility index (Phi) is 4.29. The van der Waals surface area contributed by atoms with Gasteiger partial charge in [0.2, 0.25) is 0 Å². The molecule has 0 saturated heterocycles. The summed E-state index contributed by atoms with van der Waals surface area (Å²) in [6.07, 6.45) is 4.30. The highest BCUT2D eigenvalue weighted by Crippen LogP contribution is 2.31. The number of nitrogen functional groups attached to an aromatic ring is 1. The molecule has 2 aromatic rings. The first-order valence-corrected chi connectivity index (χ1v) is 8.14. The summed E-state index contributed by atoms with van der Waals surface area (Å²) < 4.78 is 2.29. The van der Waals surface area contributed by atoms with Gasteiger partial charge in [-0.15, -0.1) is 11.8 Å². The van der Waals surface area contributed by atoms with Crippen LogP contribution in [0.5, 0.6) is 0 Å². The SMILES string of the molecule is CCSc1cc(N)cc2c1ccn2CCSC. The summed E-state index contributed by atoms with van der Waals surface area (Å²) in [7, 11) is 0. The lowest BCUT2D eigenvalue weighted by Crippen LogP contribution is -1.98. The highest BCUT2D eigenvalue weighted by Gasteiger charge is 2.07. The quantitative estimate of drug-likeness (QED) is 0.661. The number of hydrogen-bond acceptors (Lipinski definition) is 3. The van der Waals surface area contributed by atoms with E-state index in [1.165, 1.54) is 15.8 Å². The van der Waals surface area contributed by atoms with Gasteiger partial charge in [0, 0.05) is 34.5 Å². The minimum Gasteiger partial charge on any atom is -0.399 e. The molecule has 0 unspecified atom stereocenters. The number of nitrogens with zero attached hydrogens (tertiary/aromatic N) is 1. The van der Waals surface area contributed by atoms with Gasteiger partial charge >= 0.3 is 0 Å². The van der Waals surface area contributed by atoms with Crippen LogP contribution in [-0.2, 0) is 6.54 Å². The van der Waals surface area contributed by atoms with E-state index < -0.39 is 0 Å². The Labute approximate surface area is 111 Å². The fraction of sp³-hybridized carbons (Fsp3) is 0.385. The second kappa shape index (κ2) is 5.74. The molecule has 0 spiro atoms. The van der Waals surface area contributed by atoms with E-state index in [-0.39, 0.29) is 0 Å². The second-order valence-electron chi connectivity index (χ2n) is 3.89. The van der Waals surface area contributed by atoms with Crippen molar-refractivity contribution in [2.45, 2.75) is 18.4 Å². The summed E-state index contributed by atoms with van der Waals surface area (Å²) in [6, 6.07) is 6.36. The van der Waals surface area contributed by atoms with E-state index in [0.717, 1.165) is 23.7 Å². The maximum Gasteiger partial charge on any atom is 0.0512 e. The van der Waals surface area contributed by atoms with Gasteiger partial charge in [0.25, 0.3) is 0 Å². The molecule has 0 radical (unpaired) electrons. The van der Waals surface area contributed by atoms with E-state index in [1.807, 2.05) is 23.5 Å². The molecule has 0 fully saturated rings. The van der Waals surface area contributed by atoms with Gasteiger partial charge in [0.15, 0.2) is 0 Å². The Morgan fingerprint density at radius 2 is 2.18 bits per heavy atom. The molecule has 0 amide bonds. The summed E-state index contributed by atoms with van der Waals surface area (Å²) in [4.78, 5) is 1.30. The average molecular weight is 266 g/mol. The molecule has 0 aliphatic carbocycles. The third kappa shape index (κ3) is 2.75. The monoisotopic (exact) mass is 266 g/mol. The number of hydrogen-bond donors (Lipinski definition) is 1. The average Bonchev–Trinajstić information content (AvgIpc) is 2.70. The Bertz CT molecular complexity index is 505. The maximum atomic E-state index is 5.98. The molecule has 0 atom stereocenters. The second-order valence-corrected chi connectivity index (χ2v) is 6.18. The van der Waals surface area contributed by atoms with Crippen molar-refractivity contribution >= 4 is 40.1 Å². The third-order valence-corrected chi connectivity index (χ3v) is 4.24. The predicted octanol–water partition coefficient (Wildman–Crippen LogP) is 3.70. The first-order valence-electron chi connectivity index (χ1n) is 5.76. The van der Waals surface area contributed by atoms with Crippen LogP contribution in [0.4, 0.5) is 5.69 Å². The van der Waals surface area contributed by atoms with Gasteiger partial charge in [-0.2, -0.15) is 11.8 Å². The van der Waals surface area contributed by atoms with Crippen molar-refractivity contribution in [3.8, 4) is 0 Å². The molecular formula is C13H18N2S2. The largest absolute Gasteiger partial charge is 0.399 e. The lowest BCUT2D eigenvalue weighted by Gasteiger charge is -2.07. The van der Waals surface area contributed by atoms with Crippen LogP contribution in [-0.4, -0.2) is 22.3 Å². The normalized spacial score (nSPS) is 11.2. The van der Waals surface area contributed by atoms with E-state index in [9.17, 15) is 0 Å². The standard InChI is InChI=1S/C13H18N2S2/c1-3-17-13-9-10(14)8-12-11(13)4-5-15(12)6-7-16-2/h4-5,8-9H,3,6-7,14H2,1-2H3. The van der Waals surface area contributed by atoms with Crippen LogP contribution in [0.1, 0.15) is 6.92 Å². The lowest BCUT2D eigenvalue weighted by molar-refractivity contribution is 0.808. The van der Waals surface area contributed by atoms with E-state index in [2.05, 4.69) is 42.1 Å². The molecule has 1 heterocycles. The fourth-order valence-corrected chi connectivity index (χ4v) is 3.18. The van der Waals surface area contributed by atoms with Gasteiger partial charge in [-0.25, -0.2) is 0 Å². The number of anilines is 1. The Hall–Kier alpha value is -0.740. The van der Waals surface area contributed by atoms with Crippen molar-refractivity contribution in [1.29, 1.82) is 0 Å². The number of rotatable bonds is 5. The van der Waals surface area contributed by atoms with E-state index in [1.54, 1.807) is 0 Å². The summed E-state index contributed by atoms with van der Waals surface area (Å²) in [5.74, 6) is 2.21. The maximum absolute atomic E-state index is 5.98. The minimum atomic E-state index is 0.859. The van der Waals surface area contributed by atoms with Crippen molar-refractivity contribution in [1.82, 2.24) is 4.57 Å². The number of thioether (sulfide) groups is 2. The highest BCUT2D eigenvalue weighted by atomic mass is 32.2. The summed E-state index contributed by atoms with van der Waals surface area (Å²) >= 11 is 3.73. The molecule has 2 N–H and O–H groups in total. The van der Waals surface area contributed by atoms with E-state index in [0.29, 0.717) is 0 Å². The van der Waals surface area contributed by atoms with Crippen molar-refractivity contribution in [3.05, 3.63) is 24.4 Å². The zero-order chi connectivity index (χ0) is 12.3. The molecular weight excluding hydrogens is 248 g/mol. The Balaban J connectivity index is 2.45. The Morgan fingerprint density at radius 1 is 1.35 bits per heavy atom. The predicted molar refractivity (Wildman–Crippen MR) is 81.1 cm³/mol. The lowest BCUT2D eigenvalue weighted by atomic mass is 10.2. The van der Waals surface area contributed by atoms with Crippen LogP contribution < -0.4 is 5.73 Å². The molecule has 1 aromatic carbocycles. The molecule has 1 aromatic heterocycles. The zero-order valence-electron chi connectivity index (χ0n) is 10.3. The van der Waals surface area contributed by atoms with Gasteiger partial charge in [-0.1, -0.05) is 6.92 Å². The summed E-state index contributed by atoms with van der Waals surface area (Å²) in [6.45, 7) is 3.22. The van der Waals surface area contributed by atoms with Crippen LogP contribution >= 0.6 is 23.5 Å². The number of benzene rings is 1. The van der Waals surface area contributed by atoms with E-state index >= 15 is 0 Å². The van der Waals surface area contributed by atoms with Gasteiger partial charge in [-0.3, -0.25) is 0 Å². The molecule has 92 valence electrons. The van der Waals surface area contributed by atoms with Crippen LogP contribution in [0.15, 0.2) is 29.3 Å². The topological polar surface area (TPSA) is 30.9 Å².